The number of carbonyl (C=O) groups excluding carboxylic acids is 1. The summed E-state index contributed by atoms with van der Waals surface area (Å²) in [6.45, 7) is 3.54. The van der Waals surface area contributed by atoms with E-state index in [9.17, 15) is 4.79 Å². The average Bonchev–Trinajstić information content (AvgIpc) is 3.01. The Labute approximate surface area is 129 Å². The number of hydrogen-bond acceptors (Lipinski definition) is 5. The van der Waals surface area contributed by atoms with Crippen molar-refractivity contribution in [2.45, 2.75) is 25.8 Å². The van der Waals surface area contributed by atoms with Crippen molar-refractivity contribution in [3.63, 3.8) is 0 Å². The Morgan fingerprint density at radius 2 is 2.32 bits per heavy atom. The zero-order valence-electron chi connectivity index (χ0n) is 12.9. The van der Waals surface area contributed by atoms with Gasteiger partial charge in [-0.3, -0.25) is 4.79 Å². The first-order chi connectivity index (χ1) is 10.6. The normalized spacial score (nSPS) is 18.3. The molecule has 2 aromatic heterocycles. The second-order valence-corrected chi connectivity index (χ2v) is 5.67. The molecule has 1 aliphatic heterocycles. The van der Waals surface area contributed by atoms with Crippen molar-refractivity contribution in [2.24, 2.45) is 0 Å². The smallest absolute Gasteiger partial charge is 0.276 e. The summed E-state index contributed by atoms with van der Waals surface area (Å²) in [6, 6.07) is 7.73. The minimum atomic E-state index is -0.0929. The monoisotopic (exact) mass is 300 g/mol. The molecule has 0 N–H and O–H groups in total. The second-order valence-electron chi connectivity index (χ2n) is 5.67. The maximum atomic E-state index is 12.5. The van der Waals surface area contributed by atoms with Gasteiger partial charge in [-0.1, -0.05) is 11.2 Å². The average molecular weight is 300 g/mol. The summed E-state index contributed by atoms with van der Waals surface area (Å²) in [4.78, 5) is 20.9. The van der Waals surface area contributed by atoms with Crippen LogP contribution in [0.25, 0.3) is 0 Å². The van der Waals surface area contributed by atoms with E-state index in [2.05, 4.69) is 15.0 Å². The van der Waals surface area contributed by atoms with Crippen molar-refractivity contribution in [2.75, 3.05) is 25.0 Å². The first-order valence-electron chi connectivity index (χ1n) is 7.51. The molecule has 0 radical (unpaired) electrons. The molecule has 3 rings (SSSR count). The molecular weight excluding hydrogens is 280 g/mol. The van der Waals surface area contributed by atoms with Crippen LogP contribution in [0.5, 0.6) is 0 Å². The maximum absolute atomic E-state index is 12.5. The van der Waals surface area contributed by atoms with Crippen molar-refractivity contribution in [3.8, 4) is 0 Å². The highest BCUT2D eigenvalue weighted by molar-refractivity contribution is 5.92. The highest BCUT2D eigenvalue weighted by Gasteiger charge is 2.28. The van der Waals surface area contributed by atoms with E-state index in [4.69, 9.17) is 4.52 Å². The fourth-order valence-corrected chi connectivity index (χ4v) is 2.83. The number of anilines is 1. The zero-order chi connectivity index (χ0) is 15.5. The van der Waals surface area contributed by atoms with Gasteiger partial charge in [0.15, 0.2) is 5.69 Å². The molecule has 1 unspecified atom stereocenters. The van der Waals surface area contributed by atoms with Gasteiger partial charge in [-0.2, -0.15) is 0 Å². The number of amides is 1. The molecule has 1 saturated heterocycles. The van der Waals surface area contributed by atoms with Crippen molar-refractivity contribution in [1.82, 2.24) is 15.0 Å². The molecule has 0 saturated carbocycles. The Morgan fingerprint density at radius 1 is 1.45 bits per heavy atom. The van der Waals surface area contributed by atoms with Gasteiger partial charge < -0.3 is 14.3 Å². The molecule has 0 bridgehead atoms. The molecule has 1 fully saturated rings. The predicted octanol–water partition coefficient (Wildman–Crippen LogP) is 2.12. The molecule has 3 heterocycles. The van der Waals surface area contributed by atoms with Crippen LogP contribution in [0, 0.1) is 6.92 Å². The van der Waals surface area contributed by atoms with Gasteiger partial charge in [0.25, 0.3) is 5.91 Å². The van der Waals surface area contributed by atoms with Crippen molar-refractivity contribution in [3.05, 3.63) is 41.9 Å². The largest absolute Gasteiger partial charge is 0.361 e. The molecule has 1 atom stereocenters. The summed E-state index contributed by atoms with van der Waals surface area (Å²) in [6.07, 6.45) is 3.82. The molecule has 0 spiro atoms. The number of likely N-dealkylation sites (N-methyl/N-ethyl adjacent to an activating group) is 1. The van der Waals surface area contributed by atoms with Crippen LogP contribution < -0.4 is 4.90 Å². The quantitative estimate of drug-likeness (QED) is 0.869. The third-order valence-electron chi connectivity index (χ3n) is 4.08. The minimum Gasteiger partial charge on any atom is -0.361 e. The van der Waals surface area contributed by atoms with E-state index in [1.165, 1.54) is 0 Å². The molecule has 0 aromatic carbocycles. The Morgan fingerprint density at radius 3 is 3.00 bits per heavy atom. The van der Waals surface area contributed by atoms with E-state index in [1.807, 2.05) is 25.2 Å². The lowest BCUT2D eigenvalue weighted by Crippen LogP contribution is -2.49. The van der Waals surface area contributed by atoms with Gasteiger partial charge in [0.2, 0.25) is 0 Å². The van der Waals surface area contributed by atoms with E-state index in [0.29, 0.717) is 11.5 Å². The number of aromatic nitrogens is 2. The maximum Gasteiger partial charge on any atom is 0.276 e. The van der Waals surface area contributed by atoms with E-state index in [-0.39, 0.29) is 11.9 Å². The molecule has 1 amide bonds. The van der Waals surface area contributed by atoms with Gasteiger partial charge in [0.05, 0.1) is 0 Å². The van der Waals surface area contributed by atoms with E-state index >= 15 is 0 Å². The molecule has 116 valence electrons. The van der Waals surface area contributed by atoms with Crippen molar-refractivity contribution < 1.29 is 9.32 Å². The Hall–Kier alpha value is -2.37. The summed E-state index contributed by atoms with van der Waals surface area (Å²) < 4.78 is 5.00. The molecule has 6 heteroatoms. The van der Waals surface area contributed by atoms with E-state index < -0.39 is 0 Å². The molecular formula is C16H20N4O2. The number of aryl methyl sites for hydroxylation is 1. The summed E-state index contributed by atoms with van der Waals surface area (Å²) >= 11 is 0. The van der Waals surface area contributed by atoms with Crippen LogP contribution in [-0.2, 0) is 0 Å². The lowest BCUT2D eigenvalue weighted by molar-refractivity contribution is 0.0706. The third-order valence-corrected chi connectivity index (χ3v) is 4.08. The van der Waals surface area contributed by atoms with Crippen molar-refractivity contribution in [1.29, 1.82) is 0 Å². The molecule has 0 aliphatic carbocycles. The fraction of sp³-hybridized carbons (Fsp3) is 0.438. The van der Waals surface area contributed by atoms with Crippen LogP contribution in [0.3, 0.4) is 0 Å². The Bertz CT molecular complexity index is 641. The molecule has 6 nitrogen and oxygen atoms in total. The van der Waals surface area contributed by atoms with Gasteiger partial charge in [0.1, 0.15) is 11.6 Å². The summed E-state index contributed by atoms with van der Waals surface area (Å²) in [7, 11) is 1.83. The van der Waals surface area contributed by atoms with E-state index in [0.717, 1.165) is 31.7 Å². The number of piperidine rings is 1. The first-order valence-corrected chi connectivity index (χ1v) is 7.51. The topological polar surface area (TPSA) is 62.5 Å². The van der Waals surface area contributed by atoms with Gasteiger partial charge in [-0.15, -0.1) is 0 Å². The highest BCUT2D eigenvalue weighted by atomic mass is 16.5. The fourth-order valence-electron chi connectivity index (χ4n) is 2.83. The van der Waals surface area contributed by atoms with Gasteiger partial charge in [-0.05, 0) is 31.9 Å². The second kappa shape index (κ2) is 6.17. The molecule has 22 heavy (non-hydrogen) atoms. The van der Waals surface area contributed by atoms with E-state index in [1.54, 1.807) is 24.1 Å². The Kier molecular flexibility index (Phi) is 4.09. The Balaban J connectivity index is 1.70. The van der Waals surface area contributed by atoms with Gasteiger partial charge in [-0.25, -0.2) is 4.98 Å². The summed E-state index contributed by atoms with van der Waals surface area (Å²) in [5, 5.41) is 3.82. The van der Waals surface area contributed by atoms with Crippen LogP contribution in [-0.4, -0.2) is 47.1 Å². The SMILES string of the molecule is Cc1cc(C(=O)N(C)C2CCCN(c3ccccn3)C2)no1. The van der Waals surface area contributed by atoms with Crippen LogP contribution in [0.2, 0.25) is 0 Å². The molecule has 2 aromatic rings. The number of nitrogens with zero attached hydrogens (tertiary/aromatic N) is 4. The first kappa shape index (κ1) is 14.6. The number of pyridine rings is 1. The standard InChI is InChI=1S/C16H20N4O2/c1-12-10-14(18-22-12)16(21)19(2)13-6-5-9-20(11-13)15-7-3-4-8-17-15/h3-4,7-8,10,13H,5-6,9,11H2,1-2H3. The lowest BCUT2D eigenvalue weighted by Gasteiger charge is -2.37. The summed E-state index contributed by atoms with van der Waals surface area (Å²) in [5.74, 6) is 1.52. The van der Waals surface area contributed by atoms with Crippen LogP contribution in [0.4, 0.5) is 5.82 Å². The number of carbonyl (C=O) groups is 1. The zero-order valence-corrected chi connectivity index (χ0v) is 12.9. The lowest BCUT2D eigenvalue weighted by atomic mass is 10.0. The number of rotatable bonds is 3. The van der Waals surface area contributed by atoms with Crippen LogP contribution in [0.1, 0.15) is 29.1 Å². The van der Waals surface area contributed by atoms with Gasteiger partial charge >= 0.3 is 0 Å². The number of hydrogen-bond donors (Lipinski definition) is 0. The van der Waals surface area contributed by atoms with Crippen LogP contribution >= 0.6 is 0 Å². The highest BCUT2D eigenvalue weighted by Crippen LogP contribution is 2.21. The molecule has 1 aliphatic rings. The predicted molar refractivity (Wildman–Crippen MR) is 82.8 cm³/mol. The minimum absolute atomic E-state index is 0.0929. The third kappa shape index (κ3) is 2.95. The summed E-state index contributed by atoms with van der Waals surface area (Å²) in [5.41, 5.74) is 0.370. The van der Waals surface area contributed by atoms with Gasteiger partial charge in [0, 0.05) is 38.4 Å². The van der Waals surface area contributed by atoms with Crippen molar-refractivity contribution >= 4 is 11.7 Å². The van der Waals surface area contributed by atoms with Crippen LogP contribution in [0.15, 0.2) is 35.0 Å².